The third-order valence-corrected chi connectivity index (χ3v) is 2.69. The predicted octanol–water partition coefficient (Wildman–Crippen LogP) is 1.66. The SMILES string of the molecule is O=C(O)CN(C(=O)c1cccnc1F)c1ccc(O)cc1. The average Bonchev–Trinajstić information content (AvgIpc) is 2.45. The first-order valence-electron chi connectivity index (χ1n) is 5.92. The number of rotatable bonds is 4. The van der Waals surface area contributed by atoms with Crippen molar-refractivity contribution in [2.45, 2.75) is 0 Å². The minimum Gasteiger partial charge on any atom is -0.508 e. The molecule has 0 saturated carbocycles. The van der Waals surface area contributed by atoms with Gasteiger partial charge in [-0.05, 0) is 36.4 Å². The molecule has 2 N–H and O–H groups in total. The van der Waals surface area contributed by atoms with E-state index in [2.05, 4.69) is 4.98 Å². The van der Waals surface area contributed by atoms with Gasteiger partial charge in [0.2, 0.25) is 5.95 Å². The lowest BCUT2D eigenvalue weighted by Crippen LogP contribution is -2.36. The molecular weight excluding hydrogens is 279 g/mol. The molecule has 0 unspecified atom stereocenters. The number of halogens is 1. The first-order valence-corrected chi connectivity index (χ1v) is 5.92. The minimum atomic E-state index is -1.25. The summed E-state index contributed by atoms with van der Waals surface area (Å²) in [4.78, 5) is 27.5. The fraction of sp³-hybridized carbons (Fsp3) is 0.0714. The van der Waals surface area contributed by atoms with E-state index in [1.54, 1.807) is 0 Å². The number of phenols is 1. The van der Waals surface area contributed by atoms with Crippen LogP contribution >= 0.6 is 0 Å². The summed E-state index contributed by atoms with van der Waals surface area (Å²) in [6.45, 7) is -0.641. The number of anilines is 1. The van der Waals surface area contributed by atoms with E-state index in [1.165, 1.54) is 42.6 Å². The van der Waals surface area contributed by atoms with Gasteiger partial charge in [0.15, 0.2) is 0 Å². The number of phenolic OH excluding ortho intramolecular Hbond substituents is 1. The number of aromatic hydroxyl groups is 1. The van der Waals surface area contributed by atoms with Crippen LogP contribution in [0.3, 0.4) is 0 Å². The highest BCUT2D eigenvalue weighted by Crippen LogP contribution is 2.21. The smallest absolute Gasteiger partial charge is 0.323 e. The van der Waals surface area contributed by atoms with Crippen LogP contribution in [0.15, 0.2) is 42.6 Å². The number of carboxylic acids is 1. The maximum Gasteiger partial charge on any atom is 0.323 e. The van der Waals surface area contributed by atoms with Gasteiger partial charge >= 0.3 is 5.97 Å². The number of amides is 1. The van der Waals surface area contributed by atoms with Crippen LogP contribution in [0.5, 0.6) is 5.75 Å². The second-order valence-corrected chi connectivity index (χ2v) is 4.14. The summed E-state index contributed by atoms with van der Waals surface area (Å²) < 4.78 is 13.6. The highest BCUT2D eigenvalue weighted by atomic mass is 19.1. The van der Waals surface area contributed by atoms with Crippen molar-refractivity contribution in [1.82, 2.24) is 4.98 Å². The fourth-order valence-electron chi connectivity index (χ4n) is 1.74. The lowest BCUT2D eigenvalue weighted by Gasteiger charge is -2.21. The summed E-state index contributed by atoms with van der Waals surface area (Å²) in [5.74, 6) is -3.08. The molecular formula is C14H11FN2O4. The molecule has 0 bridgehead atoms. The Bertz CT molecular complexity index is 673. The number of carboxylic acid groups (broad SMARTS) is 1. The van der Waals surface area contributed by atoms with Gasteiger partial charge in [-0.15, -0.1) is 0 Å². The molecule has 0 fully saturated rings. The average molecular weight is 290 g/mol. The molecule has 0 spiro atoms. The van der Waals surface area contributed by atoms with Gasteiger partial charge in [-0.25, -0.2) is 4.98 Å². The third kappa shape index (κ3) is 3.33. The fourth-order valence-corrected chi connectivity index (χ4v) is 1.74. The zero-order chi connectivity index (χ0) is 15.4. The van der Waals surface area contributed by atoms with Crippen LogP contribution in [-0.2, 0) is 4.79 Å². The normalized spacial score (nSPS) is 10.1. The zero-order valence-corrected chi connectivity index (χ0v) is 10.7. The van der Waals surface area contributed by atoms with E-state index in [0.29, 0.717) is 0 Å². The van der Waals surface area contributed by atoms with E-state index in [0.717, 1.165) is 4.90 Å². The molecule has 1 heterocycles. The van der Waals surface area contributed by atoms with Crippen LogP contribution in [0.2, 0.25) is 0 Å². The molecule has 2 aromatic rings. The van der Waals surface area contributed by atoms with Gasteiger partial charge in [-0.2, -0.15) is 4.39 Å². The standard InChI is InChI=1S/C14H11FN2O4/c15-13-11(2-1-7-16-13)14(21)17(8-12(19)20)9-3-5-10(18)6-4-9/h1-7,18H,8H2,(H,19,20). The molecule has 0 saturated heterocycles. The van der Waals surface area contributed by atoms with Crippen LogP contribution in [-0.4, -0.2) is 33.6 Å². The second kappa shape index (κ2) is 6.00. The number of aliphatic carboxylic acids is 1. The Balaban J connectivity index is 2.40. The van der Waals surface area contributed by atoms with E-state index in [-0.39, 0.29) is 17.0 Å². The van der Waals surface area contributed by atoms with Crippen LogP contribution in [0.25, 0.3) is 0 Å². The van der Waals surface area contributed by atoms with Gasteiger partial charge in [0.1, 0.15) is 12.3 Å². The van der Waals surface area contributed by atoms with Gasteiger partial charge in [0.25, 0.3) is 5.91 Å². The van der Waals surface area contributed by atoms with E-state index in [9.17, 15) is 19.1 Å². The maximum absolute atomic E-state index is 13.6. The van der Waals surface area contributed by atoms with Crippen LogP contribution in [0.1, 0.15) is 10.4 Å². The highest BCUT2D eigenvalue weighted by Gasteiger charge is 2.23. The number of hydrogen-bond acceptors (Lipinski definition) is 4. The highest BCUT2D eigenvalue weighted by molar-refractivity contribution is 6.08. The lowest BCUT2D eigenvalue weighted by atomic mass is 10.2. The molecule has 1 aromatic carbocycles. The number of hydrogen-bond donors (Lipinski definition) is 2. The summed E-state index contributed by atoms with van der Waals surface area (Å²) in [6.07, 6.45) is 1.19. The van der Waals surface area contributed by atoms with Gasteiger partial charge < -0.3 is 10.2 Å². The summed E-state index contributed by atoms with van der Waals surface area (Å²) in [5, 5.41) is 18.1. The molecule has 6 nitrogen and oxygen atoms in total. The summed E-state index contributed by atoms with van der Waals surface area (Å²) in [5.41, 5.74) is -0.102. The number of nitrogens with zero attached hydrogens (tertiary/aromatic N) is 2. The molecule has 108 valence electrons. The second-order valence-electron chi connectivity index (χ2n) is 4.14. The van der Waals surface area contributed by atoms with Crippen LogP contribution < -0.4 is 4.90 Å². The first kappa shape index (κ1) is 14.4. The van der Waals surface area contributed by atoms with Crippen molar-refractivity contribution in [3.05, 3.63) is 54.1 Å². The number of aromatic nitrogens is 1. The predicted molar refractivity (Wildman–Crippen MR) is 71.6 cm³/mol. The Morgan fingerprint density at radius 3 is 2.43 bits per heavy atom. The van der Waals surface area contributed by atoms with Crippen molar-refractivity contribution < 1.29 is 24.2 Å². The van der Waals surface area contributed by atoms with Gasteiger partial charge in [0, 0.05) is 11.9 Å². The Morgan fingerprint density at radius 2 is 1.86 bits per heavy atom. The van der Waals surface area contributed by atoms with Crippen molar-refractivity contribution in [3.63, 3.8) is 0 Å². The molecule has 7 heteroatoms. The van der Waals surface area contributed by atoms with E-state index < -0.39 is 24.4 Å². The molecule has 0 aliphatic rings. The monoisotopic (exact) mass is 290 g/mol. The number of carbonyl (C=O) groups is 2. The Labute approximate surface area is 119 Å². The van der Waals surface area contributed by atoms with Crippen molar-refractivity contribution >= 4 is 17.6 Å². The molecule has 1 aromatic heterocycles. The van der Waals surface area contributed by atoms with Gasteiger partial charge in [-0.3, -0.25) is 14.5 Å². The molecule has 21 heavy (non-hydrogen) atoms. The van der Waals surface area contributed by atoms with E-state index >= 15 is 0 Å². The van der Waals surface area contributed by atoms with Crippen molar-refractivity contribution in [3.8, 4) is 5.75 Å². The Morgan fingerprint density at radius 1 is 1.19 bits per heavy atom. The van der Waals surface area contributed by atoms with Crippen LogP contribution in [0.4, 0.5) is 10.1 Å². The van der Waals surface area contributed by atoms with Crippen molar-refractivity contribution in [2.75, 3.05) is 11.4 Å². The molecule has 0 aliphatic heterocycles. The topological polar surface area (TPSA) is 90.7 Å². The van der Waals surface area contributed by atoms with E-state index in [1.807, 2.05) is 0 Å². The third-order valence-electron chi connectivity index (χ3n) is 2.69. The summed E-state index contributed by atoms with van der Waals surface area (Å²) >= 11 is 0. The molecule has 1 amide bonds. The Hall–Kier alpha value is -2.96. The molecule has 0 radical (unpaired) electrons. The number of benzene rings is 1. The molecule has 2 rings (SSSR count). The molecule has 0 atom stereocenters. The molecule has 0 aliphatic carbocycles. The summed E-state index contributed by atoms with van der Waals surface area (Å²) in [6, 6.07) is 7.94. The Kier molecular flexibility index (Phi) is 4.13. The lowest BCUT2D eigenvalue weighted by molar-refractivity contribution is -0.135. The van der Waals surface area contributed by atoms with E-state index in [4.69, 9.17) is 5.11 Å². The van der Waals surface area contributed by atoms with Crippen molar-refractivity contribution in [1.29, 1.82) is 0 Å². The minimum absolute atomic E-state index is 0.0333. The first-order chi connectivity index (χ1) is 9.99. The summed E-state index contributed by atoms with van der Waals surface area (Å²) in [7, 11) is 0. The number of carbonyl (C=O) groups excluding carboxylic acids is 1. The zero-order valence-electron chi connectivity index (χ0n) is 10.7. The van der Waals surface area contributed by atoms with Crippen molar-refractivity contribution in [2.24, 2.45) is 0 Å². The van der Waals surface area contributed by atoms with Gasteiger partial charge in [-0.1, -0.05) is 0 Å². The van der Waals surface area contributed by atoms with Gasteiger partial charge in [0.05, 0.1) is 5.56 Å². The van der Waals surface area contributed by atoms with Crippen LogP contribution in [0, 0.1) is 5.95 Å². The largest absolute Gasteiger partial charge is 0.508 e. The quantitative estimate of drug-likeness (QED) is 0.836. The maximum atomic E-state index is 13.6. The number of pyridine rings is 1.